The summed E-state index contributed by atoms with van der Waals surface area (Å²) in [6.45, 7) is 2.61. The second-order valence-electron chi connectivity index (χ2n) is 3.95. The lowest BCUT2D eigenvalue weighted by atomic mass is 10.2. The molecule has 0 bridgehead atoms. The fourth-order valence-electron chi connectivity index (χ4n) is 1.45. The van der Waals surface area contributed by atoms with Gasteiger partial charge in [0.25, 0.3) is 5.69 Å². The fraction of sp³-hybridized carbons (Fsp3) is 0.417. The van der Waals surface area contributed by atoms with Crippen molar-refractivity contribution >= 4 is 17.3 Å². The van der Waals surface area contributed by atoms with Crippen LogP contribution in [0.3, 0.4) is 0 Å². The van der Waals surface area contributed by atoms with Gasteiger partial charge >= 0.3 is 0 Å². The zero-order chi connectivity index (χ0) is 14.3. The number of methoxy groups -OCH3 is 1. The predicted molar refractivity (Wildman–Crippen MR) is 71.2 cm³/mol. The summed E-state index contributed by atoms with van der Waals surface area (Å²) >= 11 is 0. The van der Waals surface area contributed by atoms with Crippen LogP contribution in [-0.4, -0.2) is 37.6 Å². The van der Waals surface area contributed by atoms with Gasteiger partial charge in [0.1, 0.15) is 0 Å². The molecule has 1 rings (SSSR count). The minimum Gasteiger partial charge on any atom is -0.383 e. The Labute approximate surface area is 111 Å². The summed E-state index contributed by atoms with van der Waals surface area (Å²) in [5.74, 6) is -0.194. The largest absolute Gasteiger partial charge is 0.383 e. The molecule has 7 nitrogen and oxygen atoms in total. The van der Waals surface area contributed by atoms with E-state index < -0.39 is 4.92 Å². The van der Waals surface area contributed by atoms with E-state index in [2.05, 4.69) is 10.6 Å². The standard InChI is InChI=1S/C12H17N3O4/c1-9-3-4-10(7-11(9)15(17)18)14-8-12(16)13-5-6-19-2/h3-4,7,14H,5-6,8H2,1-2H3,(H,13,16). The highest BCUT2D eigenvalue weighted by Gasteiger charge is 2.11. The number of anilines is 1. The molecule has 0 aromatic heterocycles. The number of carbonyl (C=O) groups is 1. The molecular weight excluding hydrogens is 250 g/mol. The van der Waals surface area contributed by atoms with Crippen LogP contribution in [0.2, 0.25) is 0 Å². The second-order valence-corrected chi connectivity index (χ2v) is 3.95. The van der Waals surface area contributed by atoms with Crippen molar-refractivity contribution in [3.8, 4) is 0 Å². The molecule has 0 unspecified atom stereocenters. The first-order valence-corrected chi connectivity index (χ1v) is 5.79. The van der Waals surface area contributed by atoms with E-state index in [-0.39, 0.29) is 18.1 Å². The number of nitrogens with zero attached hydrogens (tertiary/aromatic N) is 1. The van der Waals surface area contributed by atoms with Gasteiger partial charge in [-0.1, -0.05) is 6.07 Å². The van der Waals surface area contributed by atoms with Gasteiger partial charge in [0.15, 0.2) is 0 Å². The molecular formula is C12H17N3O4. The Morgan fingerprint density at radius 3 is 2.84 bits per heavy atom. The molecule has 1 aromatic carbocycles. The van der Waals surface area contributed by atoms with Crippen LogP contribution < -0.4 is 10.6 Å². The molecule has 0 aliphatic rings. The molecule has 0 atom stereocenters. The molecule has 0 spiro atoms. The monoisotopic (exact) mass is 267 g/mol. The quantitative estimate of drug-likeness (QED) is 0.438. The molecule has 0 aliphatic carbocycles. The third kappa shape index (κ3) is 4.92. The second kappa shape index (κ2) is 7.32. The lowest BCUT2D eigenvalue weighted by molar-refractivity contribution is -0.385. The van der Waals surface area contributed by atoms with Crippen molar-refractivity contribution in [2.75, 3.05) is 32.1 Å². The van der Waals surface area contributed by atoms with Gasteiger partial charge in [-0.25, -0.2) is 0 Å². The SMILES string of the molecule is COCCNC(=O)CNc1ccc(C)c([N+](=O)[O-])c1. The summed E-state index contributed by atoms with van der Waals surface area (Å²) in [4.78, 5) is 21.7. The van der Waals surface area contributed by atoms with Crippen LogP contribution in [0.15, 0.2) is 18.2 Å². The van der Waals surface area contributed by atoms with Crippen molar-refractivity contribution in [1.29, 1.82) is 0 Å². The van der Waals surface area contributed by atoms with Crippen molar-refractivity contribution in [2.24, 2.45) is 0 Å². The van der Waals surface area contributed by atoms with E-state index >= 15 is 0 Å². The highest BCUT2D eigenvalue weighted by molar-refractivity contribution is 5.80. The van der Waals surface area contributed by atoms with Gasteiger partial charge in [-0.05, 0) is 13.0 Å². The number of benzene rings is 1. The number of ether oxygens (including phenoxy) is 1. The summed E-state index contributed by atoms with van der Waals surface area (Å²) in [7, 11) is 1.55. The Bertz CT molecular complexity index is 462. The number of aryl methyl sites for hydroxylation is 1. The molecule has 1 aromatic rings. The first-order chi connectivity index (χ1) is 9.04. The van der Waals surface area contributed by atoms with Crippen LogP contribution in [0.5, 0.6) is 0 Å². The van der Waals surface area contributed by atoms with Gasteiger partial charge in [0, 0.05) is 31.0 Å². The minimum atomic E-state index is -0.445. The number of nitrogens with one attached hydrogen (secondary N) is 2. The van der Waals surface area contributed by atoms with E-state index in [4.69, 9.17) is 4.74 Å². The molecule has 0 heterocycles. The lowest BCUT2D eigenvalue weighted by Gasteiger charge is -2.08. The van der Waals surface area contributed by atoms with Crippen molar-refractivity contribution in [3.05, 3.63) is 33.9 Å². The zero-order valence-electron chi connectivity index (χ0n) is 10.9. The number of hydrogen-bond donors (Lipinski definition) is 2. The summed E-state index contributed by atoms with van der Waals surface area (Å²) in [6.07, 6.45) is 0. The van der Waals surface area contributed by atoms with Crippen LogP contribution in [0.1, 0.15) is 5.56 Å². The molecule has 0 saturated heterocycles. The van der Waals surface area contributed by atoms with Crippen LogP contribution in [0.25, 0.3) is 0 Å². The van der Waals surface area contributed by atoms with Crippen molar-refractivity contribution in [3.63, 3.8) is 0 Å². The Morgan fingerprint density at radius 2 is 2.21 bits per heavy atom. The predicted octanol–water partition coefficient (Wildman–Crippen LogP) is 1.08. The van der Waals surface area contributed by atoms with Gasteiger partial charge in [-0.15, -0.1) is 0 Å². The van der Waals surface area contributed by atoms with Crippen LogP contribution in [0.4, 0.5) is 11.4 Å². The van der Waals surface area contributed by atoms with Gasteiger partial charge in [-0.3, -0.25) is 14.9 Å². The number of hydrogen-bond acceptors (Lipinski definition) is 5. The number of nitro groups is 1. The average molecular weight is 267 g/mol. The molecule has 0 aliphatic heterocycles. The zero-order valence-corrected chi connectivity index (χ0v) is 10.9. The van der Waals surface area contributed by atoms with Crippen LogP contribution in [0, 0.1) is 17.0 Å². The Hall–Kier alpha value is -2.15. The Kier molecular flexibility index (Phi) is 5.74. The molecule has 2 N–H and O–H groups in total. The molecule has 0 fully saturated rings. The average Bonchev–Trinajstić information content (AvgIpc) is 2.37. The number of nitro benzene ring substituents is 1. The van der Waals surface area contributed by atoms with E-state index in [1.165, 1.54) is 6.07 Å². The maximum absolute atomic E-state index is 11.4. The molecule has 0 saturated carbocycles. The van der Waals surface area contributed by atoms with E-state index in [0.717, 1.165) is 0 Å². The van der Waals surface area contributed by atoms with Gasteiger partial charge in [0.05, 0.1) is 18.1 Å². The van der Waals surface area contributed by atoms with E-state index in [1.54, 1.807) is 26.2 Å². The normalized spacial score (nSPS) is 10.0. The van der Waals surface area contributed by atoms with E-state index in [9.17, 15) is 14.9 Å². The fourth-order valence-corrected chi connectivity index (χ4v) is 1.45. The van der Waals surface area contributed by atoms with Gasteiger partial charge in [-0.2, -0.15) is 0 Å². The maximum Gasteiger partial charge on any atom is 0.274 e. The molecule has 104 valence electrons. The topological polar surface area (TPSA) is 93.5 Å². The molecule has 7 heteroatoms. The minimum absolute atomic E-state index is 0.0322. The third-order valence-electron chi connectivity index (χ3n) is 2.49. The van der Waals surface area contributed by atoms with Crippen molar-refractivity contribution in [1.82, 2.24) is 5.32 Å². The number of rotatable bonds is 7. The van der Waals surface area contributed by atoms with E-state index in [0.29, 0.717) is 24.4 Å². The maximum atomic E-state index is 11.4. The van der Waals surface area contributed by atoms with Crippen LogP contribution >= 0.6 is 0 Å². The Balaban J connectivity index is 2.51. The van der Waals surface area contributed by atoms with Crippen molar-refractivity contribution in [2.45, 2.75) is 6.92 Å². The summed E-state index contributed by atoms with van der Waals surface area (Å²) in [5, 5.41) is 16.2. The molecule has 0 radical (unpaired) electrons. The third-order valence-corrected chi connectivity index (χ3v) is 2.49. The Morgan fingerprint density at radius 1 is 1.47 bits per heavy atom. The number of amides is 1. The van der Waals surface area contributed by atoms with Crippen LogP contribution in [-0.2, 0) is 9.53 Å². The first-order valence-electron chi connectivity index (χ1n) is 5.79. The number of carbonyl (C=O) groups excluding carboxylic acids is 1. The highest BCUT2D eigenvalue weighted by Crippen LogP contribution is 2.21. The smallest absolute Gasteiger partial charge is 0.274 e. The first kappa shape index (κ1) is 14.9. The molecule has 1 amide bonds. The van der Waals surface area contributed by atoms with Crippen molar-refractivity contribution < 1.29 is 14.5 Å². The van der Waals surface area contributed by atoms with Gasteiger partial charge in [0.2, 0.25) is 5.91 Å². The summed E-state index contributed by atoms with van der Waals surface area (Å²) in [5.41, 5.74) is 1.16. The highest BCUT2D eigenvalue weighted by atomic mass is 16.6. The summed E-state index contributed by atoms with van der Waals surface area (Å²) in [6, 6.07) is 4.76. The van der Waals surface area contributed by atoms with E-state index in [1.807, 2.05) is 0 Å². The van der Waals surface area contributed by atoms with Gasteiger partial charge < -0.3 is 15.4 Å². The summed E-state index contributed by atoms with van der Waals surface area (Å²) < 4.78 is 4.80. The molecule has 19 heavy (non-hydrogen) atoms. The lowest BCUT2D eigenvalue weighted by Crippen LogP contribution is -2.32.